The first-order valence-corrected chi connectivity index (χ1v) is 8.22. The largest absolute Gasteiger partial charge is 0.394 e. The molecule has 5 nitrogen and oxygen atoms in total. The number of hydrogen-bond donors (Lipinski definition) is 2. The Morgan fingerprint density at radius 2 is 2.25 bits per heavy atom. The molecule has 0 atom stereocenters. The van der Waals surface area contributed by atoms with Crippen LogP contribution in [-0.4, -0.2) is 44.2 Å². The molecule has 0 aliphatic carbocycles. The first-order valence-electron chi connectivity index (χ1n) is 7.07. The quantitative estimate of drug-likeness (QED) is 0.861. The van der Waals surface area contributed by atoms with E-state index in [-0.39, 0.29) is 25.0 Å². The summed E-state index contributed by atoms with van der Waals surface area (Å²) >= 11 is 1.87. The Kier molecular flexibility index (Phi) is 5.10. The predicted molar refractivity (Wildman–Crippen MR) is 80.8 cm³/mol. The van der Waals surface area contributed by atoms with Crippen LogP contribution in [0.3, 0.4) is 0 Å². The van der Waals surface area contributed by atoms with Crippen LogP contribution in [0, 0.1) is 0 Å². The van der Waals surface area contributed by atoms with Crippen molar-refractivity contribution in [2.45, 2.75) is 44.7 Å². The minimum atomic E-state index is -0.430. The summed E-state index contributed by atoms with van der Waals surface area (Å²) in [6.07, 6.45) is 5.22. The zero-order valence-electron chi connectivity index (χ0n) is 12.1. The number of amides is 1. The second kappa shape index (κ2) is 6.63. The Hall–Kier alpha value is -1.01. The smallest absolute Gasteiger partial charge is 0.240 e. The summed E-state index contributed by atoms with van der Waals surface area (Å²) in [5, 5.41) is 12.7. The Labute approximate surface area is 124 Å². The number of hydrogen-bond acceptors (Lipinski definition) is 4. The van der Waals surface area contributed by atoms with Gasteiger partial charge in [0.05, 0.1) is 12.1 Å². The zero-order chi connectivity index (χ0) is 14.6. The first kappa shape index (κ1) is 15.4. The number of nitrogens with one attached hydrogen (secondary N) is 1. The summed E-state index contributed by atoms with van der Waals surface area (Å²) in [7, 11) is 0. The molecule has 1 aromatic heterocycles. The summed E-state index contributed by atoms with van der Waals surface area (Å²) < 4.78 is 1.88. The highest BCUT2D eigenvalue weighted by atomic mass is 32.2. The van der Waals surface area contributed by atoms with E-state index < -0.39 is 5.54 Å². The summed E-state index contributed by atoms with van der Waals surface area (Å²) in [5.41, 5.74) is -0.430. The van der Waals surface area contributed by atoms with Gasteiger partial charge in [0.25, 0.3) is 0 Å². The lowest BCUT2D eigenvalue weighted by Crippen LogP contribution is -2.54. The summed E-state index contributed by atoms with van der Waals surface area (Å²) in [4.78, 5) is 16.5. The lowest BCUT2D eigenvalue weighted by atomic mass is 9.93. The summed E-state index contributed by atoms with van der Waals surface area (Å²) in [5.74, 6) is 3.13. The highest BCUT2D eigenvalue weighted by Crippen LogP contribution is 2.26. The molecule has 1 aliphatic heterocycles. The molecule has 0 radical (unpaired) electrons. The molecule has 2 heterocycles. The van der Waals surface area contributed by atoms with Gasteiger partial charge in [-0.25, -0.2) is 4.98 Å². The fraction of sp³-hybridized carbons (Fsp3) is 0.714. The third kappa shape index (κ3) is 3.55. The Morgan fingerprint density at radius 1 is 1.55 bits per heavy atom. The predicted octanol–water partition coefficient (Wildman–Crippen LogP) is 1.38. The highest BCUT2D eigenvalue weighted by Gasteiger charge is 2.33. The topological polar surface area (TPSA) is 67.2 Å². The van der Waals surface area contributed by atoms with E-state index in [4.69, 9.17) is 0 Å². The normalized spacial score (nSPS) is 18.2. The average Bonchev–Trinajstić information content (AvgIpc) is 2.88. The van der Waals surface area contributed by atoms with E-state index in [1.807, 2.05) is 22.5 Å². The second-order valence-electron chi connectivity index (χ2n) is 5.67. The van der Waals surface area contributed by atoms with Gasteiger partial charge in [-0.2, -0.15) is 11.8 Å². The maximum Gasteiger partial charge on any atom is 0.240 e. The van der Waals surface area contributed by atoms with Crippen molar-refractivity contribution in [1.29, 1.82) is 0 Å². The van der Waals surface area contributed by atoms with E-state index in [1.54, 1.807) is 6.20 Å². The van der Waals surface area contributed by atoms with Gasteiger partial charge < -0.3 is 15.0 Å². The second-order valence-corrected chi connectivity index (χ2v) is 6.89. The Bertz CT molecular complexity index is 453. The van der Waals surface area contributed by atoms with E-state index in [0.717, 1.165) is 30.2 Å². The molecule has 0 saturated carbocycles. The van der Waals surface area contributed by atoms with Crippen molar-refractivity contribution in [3.8, 4) is 0 Å². The van der Waals surface area contributed by atoms with Gasteiger partial charge in [0.1, 0.15) is 12.4 Å². The molecule has 20 heavy (non-hydrogen) atoms. The first-order chi connectivity index (χ1) is 9.56. The summed E-state index contributed by atoms with van der Waals surface area (Å²) in [6.45, 7) is 4.40. The van der Waals surface area contributed by atoms with Crippen LogP contribution in [0.2, 0.25) is 0 Å². The van der Waals surface area contributed by atoms with E-state index in [2.05, 4.69) is 24.1 Å². The van der Waals surface area contributed by atoms with Crippen LogP contribution in [0.4, 0.5) is 0 Å². The highest BCUT2D eigenvalue weighted by molar-refractivity contribution is 7.99. The fourth-order valence-corrected chi connectivity index (χ4v) is 3.80. The third-order valence-electron chi connectivity index (χ3n) is 3.74. The molecular formula is C14H23N3O2S. The van der Waals surface area contributed by atoms with Crippen LogP contribution in [0.5, 0.6) is 0 Å². The zero-order valence-corrected chi connectivity index (χ0v) is 12.9. The SMILES string of the molecule is CC(C)c1nccn1CC(=O)NC1(CO)CCSCC1. The molecule has 0 unspecified atom stereocenters. The minimum absolute atomic E-state index is 0.0142. The monoisotopic (exact) mass is 297 g/mol. The number of carbonyl (C=O) groups excluding carboxylic acids is 1. The van der Waals surface area contributed by atoms with Gasteiger partial charge >= 0.3 is 0 Å². The van der Waals surface area contributed by atoms with Crippen molar-refractivity contribution in [3.63, 3.8) is 0 Å². The van der Waals surface area contributed by atoms with Crippen LogP contribution in [0.25, 0.3) is 0 Å². The number of nitrogens with zero attached hydrogens (tertiary/aromatic N) is 2. The maximum absolute atomic E-state index is 12.2. The van der Waals surface area contributed by atoms with Gasteiger partial charge in [-0.1, -0.05) is 13.8 Å². The minimum Gasteiger partial charge on any atom is -0.394 e. The van der Waals surface area contributed by atoms with Gasteiger partial charge in [0.2, 0.25) is 5.91 Å². The molecule has 6 heteroatoms. The Balaban J connectivity index is 1.99. The lowest BCUT2D eigenvalue weighted by Gasteiger charge is -2.36. The van der Waals surface area contributed by atoms with Crippen molar-refractivity contribution in [3.05, 3.63) is 18.2 Å². The van der Waals surface area contributed by atoms with Crippen LogP contribution < -0.4 is 5.32 Å². The van der Waals surface area contributed by atoms with Crippen LogP contribution in [0.1, 0.15) is 38.4 Å². The van der Waals surface area contributed by atoms with Crippen molar-refractivity contribution in [1.82, 2.24) is 14.9 Å². The van der Waals surface area contributed by atoms with Crippen molar-refractivity contribution in [2.24, 2.45) is 0 Å². The summed E-state index contributed by atoms with van der Waals surface area (Å²) in [6, 6.07) is 0. The van der Waals surface area contributed by atoms with Crippen LogP contribution in [-0.2, 0) is 11.3 Å². The van der Waals surface area contributed by atoms with Crippen LogP contribution in [0.15, 0.2) is 12.4 Å². The standard InChI is InChI=1S/C14H23N3O2S/c1-11(2)13-15-5-6-17(13)9-12(19)16-14(10-18)3-7-20-8-4-14/h5-6,11,18H,3-4,7-10H2,1-2H3,(H,16,19). The number of rotatable bonds is 5. The molecule has 1 amide bonds. The van der Waals surface area contributed by atoms with Gasteiger partial charge in [0.15, 0.2) is 0 Å². The molecule has 0 aromatic carbocycles. The molecule has 1 saturated heterocycles. The number of aliphatic hydroxyl groups excluding tert-OH is 1. The van der Waals surface area contributed by atoms with E-state index >= 15 is 0 Å². The molecule has 2 N–H and O–H groups in total. The number of aliphatic hydroxyl groups is 1. The van der Waals surface area contributed by atoms with Crippen LogP contribution >= 0.6 is 11.8 Å². The van der Waals surface area contributed by atoms with Gasteiger partial charge in [-0.3, -0.25) is 4.79 Å². The average molecular weight is 297 g/mol. The number of carbonyl (C=O) groups is 1. The van der Waals surface area contributed by atoms with Crippen molar-refractivity contribution in [2.75, 3.05) is 18.1 Å². The lowest BCUT2D eigenvalue weighted by molar-refractivity contribution is -0.124. The molecule has 0 bridgehead atoms. The van der Waals surface area contributed by atoms with E-state index in [9.17, 15) is 9.90 Å². The van der Waals surface area contributed by atoms with Gasteiger partial charge in [0, 0.05) is 18.3 Å². The Morgan fingerprint density at radius 3 is 2.85 bits per heavy atom. The van der Waals surface area contributed by atoms with Gasteiger partial charge in [-0.05, 0) is 24.3 Å². The molecular weight excluding hydrogens is 274 g/mol. The number of imidazole rings is 1. The molecule has 1 fully saturated rings. The molecule has 0 spiro atoms. The molecule has 1 aromatic rings. The van der Waals surface area contributed by atoms with Gasteiger partial charge in [-0.15, -0.1) is 0 Å². The molecule has 2 rings (SSSR count). The van der Waals surface area contributed by atoms with Crippen molar-refractivity contribution >= 4 is 17.7 Å². The fourth-order valence-electron chi connectivity index (χ4n) is 2.53. The van der Waals surface area contributed by atoms with E-state index in [0.29, 0.717) is 0 Å². The molecule has 1 aliphatic rings. The van der Waals surface area contributed by atoms with E-state index in [1.165, 1.54) is 0 Å². The molecule has 112 valence electrons. The number of aromatic nitrogens is 2. The number of thioether (sulfide) groups is 1. The maximum atomic E-state index is 12.2. The third-order valence-corrected chi connectivity index (χ3v) is 4.72. The van der Waals surface area contributed by atoms with Crippen molar-refractivity contribution < 1.29 is 9.90 Å².